The van der Waals surface area contributed by atoms with E-state index in [4.69, 9.17) is 4.74 Å². The zero-order chi connectivity index (χ0) is 13.5. The molecule has 0 spiro atoms. The summed E-state index contributed by atoms with van der Waals surface area (Å²) in [5.41, 5.74) is 2.22. The fourth-order valence-corrected chi connectivity index (χ4v) is 2.00. The smallest absolute Gasteiger partial charge is 0.119 e. The van der Waals surface area contributed by atoms with Crippen LogP contribution >= 0.6 is 0 Å². The van der Waals surface area contributed by atoms with Gasteiger partial charge in [-0.3, -0.25) is 0 Å². The van der Waals surface area contributed by atoms with Gasteiger partial charge in [-0.05, 0) is 23.3 Å². The second kappa shape index (κ2) is 6.92. The zero-order valence-electron chi connectivity index (χ0n) is 11.0. The van der Waals surface area contributed by atoms with Gasteiger partial charge in [-0.1, -0.05) is 42.5 Å². The average molecular weight is 257 g/mol. The number of methoxy groups -OCH3 is 1. The lowest BCUT2D eigenvalue weighted by Gasteiger charge is -2.17. The molecule has 0 bridgehead atoms. The lowest BCUT2D eigenvalue weighted by atomic mass is 10.1. The molecule has 2 rings (SSSR count). The molecular weight excluding hydrogens is 238 g/mol. The van der Waals surface area contributed by atoms with Crippen molar-refractivity contribution in [3.8, 4) is 5.75 Å². The van der Waals surface area contributed by atoms with Crippen LogP contribution in [0.3, 0.4) is 0 Å². The summed E-state index contributed by atoms with van der Waals surface area (Å²) in [5, 5.41) is 12.8. The Labute approximate surface area is 113 Å². The third-order valence-corrected chi connectivity index (χ3v) is 3.07. The Morgan fingerprint density at radius 1 is 1.11 bits per heavy atom. The second-order valence-corrected chi connectivity index (χ2v) is 4.38. The molecule has 0 heterocycles. The normalized spacial score (nSPS) is 12.1. The molecule has 0 aliphatic heterocycles. The first-order valence-corrected chi connectivity index (χ1v) is 6.35. The van der Waals surface area contributed by atoms with E-state index in [9.17, 15) is 5.11 Å². The van der Waals surface area contributed by atoms with E-state index >= 15 is 0 Å². The van der Waals surface area contributed by atoms with Crippen LogP contribution in [0.15, 0.2) is 54.6 Å². The lowest BCUT2D eigenvalue weighted by molar-refractivity contribution is 0.243. The summed E-state index contributed by atoms with van der Waals surface area (Å²) in [7, 11) is 1.66. The summed E-state index contributed by atoms with van der Waals surface area (Å²) in [6.07, 6.45) is 0. The molecule has 0 unspecified atom stereocenters. The lowest BCUT2D eigenvalue weighted by Crippen LogP contribution is -2.23. The molecule has 2 aromatic rings. The first kappa shape index (κ1) is 13.6. The number of rotatable bonds is 6. The first-order valence-electron chi connectivity index (χ1n) is 6.35. The van der Waals surface area contributed by atoms with Gasteiger partial charge in [-0.2, -0.15) is 0 Å². The van der Waals surface area contributed by atoms with E-state index in [1.807, 2.05) is 54.6 Å². The molecule has 2 N–H and O–H groups in total. The molecule has 19 heavy (non-hydrogen) atoms. The highest BCUT2D eigenvalue weighted by Crippen LogP contribution is 2.15. The summed E-state index contributed by atoms with van der Waals surface area (Å²) in [6, 6.07) is 17.8. The Kier molecular flexibility index (Phi) is 4.95. The van der Waals surface area contributed by atoms with Gasteiger partial charge in [-0.25, -0.2) is 0 Å². The predicted molar refractivity (Wildman–Crippen MR) is 76.1 cm³/mol. The maximum atomic E-state index is 9.47. The summed E-state index contributed by atoms with van der Waals surface area (Å²) >= 11 is 0. The number of hydrogen-bond donors (Lipinski definition) is 2. The van der Waals surface area contributed by atoms with Crippen LogP contribution in [0.2, 0.25) is 0 Å². The SMILES string of the molecule is COc1cccc(CN[C@H](CO)c2ccccc2)c1. The molecule has 2 aromatic carbocycles. The highest BCUT2D eigenvalue weighted by Gasteiger charge is 2.08. The van der Waals surface area contributed by atoms with E-state index in [0.717, 1.165) is 16.9 Å². The van der Waals surface area contributed by atoms with E-state index in [2.05, 4.69) is 5.32 Å². The summed E-state index contributed by atoms with van der Waals surface area (Å²) in [4.78, 5) is 0. The first-order chi connectivity index (χ1) is 9.33. The highest BCUT2D eigenvalue weighted by atomic mass is 16.5. The summed E-state index contributed by atoms with van der Waals surface area (Å²) < 4.78 is 5.20. The fraction of sp³-hybridized carbons (Fsp3) is 0.250. The third-order valence-electron chi connectivity index (χ3n) is 3.07. The molecule has 0 saturated heterocycles. The molecule has 0 aromatic heterocycles. The molecule has 100 valence electrons. The van der Waals surface area contributed by atoms with Crippen molar-refractivity contribution in [2.45, 2.75) is 12.6 Å². The molecule has 0 aliphatic rings. The zero-order valence-corrected chi connectivity index (χ0v) is 11.0. The van der Waals surface area contributed by atoms with E-state index in [-0.39, 0.29) is 12.6 Å². The molecule has 3 nitrogen and oxygen atoms in total. The van der Waals surface area contributed by atoms with Crippen LogP contribution in [-0.2, 0) is 6.54 Å². The average Bonchev–Trinajstić information content (AvgIpc) is 2.49. The second-order valence-electron chi connectivity index (χ2n) is 4.38. The van der Waals surface area contributed by atoms with Crippen LogP contribution in [0.1, 0.15) is 17.2 Å². The Balaban J connectivity index is 2.00. The van der Waals surface area contributed by atoms with Crippen LogP contribution in [0.5, 0.6) is 5.75 Å². The van der Waals surface area contributed by atoms with Crippen LogP contribution in [0.25, 0.3) is 0 Å². The van der Waals surface area contributed by atoms with Crippen molar-refractivity contribution in [2.24, 2.45) is 0 Å². The van der Waals surface area contributed by atoms with Gasteiger partial charge in [0.25, 0.3) is 0 Å². The van der Waals surface area contributed by atoms with Gasteiger partial charge in [0.05, 0.1) is 19.8 Å². The Bertz CT molecular complexity index is 499. The van der Waals surface area contributed by atoms with Crippen LogP contribution in [-0.4, -0.2) is 18.8 Å². The van der Waals surface area contributed by atoms with Gasteiger partial charge < -0.3 is 15.2 Å². The molecule has 0 saturated carbocycles. The Morgan fingerprint density at radius 3 is 2.58 bits per heavy atom. The fourth-order valence-electron chi connectivity index (χ4n) is 2.00. The van der Waals surface area contributed by atoms with Gasteiger partial charge in [0.1, 0.15) is 5.75 Å². The molecule has 0 aliphatic carbocycles. The van der Waals surface area contributed by atoms with Crippen molar-refractivity contribution in [1.82, 2.24) is 5.32 Å². The number of benzene rings is 2. The maximum absolute atomic E-state index is 9.47. The van der Waals surface area contributed by atoms with Crippen molar-refractivity contribution in [1.29, 1.82) is 0 Å². The molecule has 3 heteroatoms. The van der Waals surface area contributed by atoms with Crippen molar-refractivity contribution in [2.75, 3.05) is 13.7 Å². The number of aliphatic hydroxyl groups is 1. The van der Waals surface area contributed by atoms with E-state index in [1.54, 1.807) is 7.11 Å². The monoisotopic (exact) mass is 257 g/mol. The molecule has 0 fully saturated rings. The van der Waals surface area contributed by atoms with E-state index < -0.39 is 0 Å². The van der Waals surface area contributed by atoms with Crippen molar-refractivity contribution >= 4 is 0 Å². The van der Waals surface area contributed by atoms with Crippen LogP contribution in [0, 0.1) is 0 Å². The van der Waals surface area contributed by atoms with Crippen LogP contribution < -0.4 is 10.1 Å². The number of ether oxygens (including phenoxy) is 1. The minimum Gasteiger partial charge on any atom is -0.497 e. The van der Waals surface area contributed by atoms with E-state index in [1.165, 1.54) is 0 Å². The molecular formula is C16H19NO2. The topological polar surface area (TPSA) is 41.5 Å². The predicted octanol–water partition coefficient (Wildman–Crippen LogP) is 2.52. The number of aliphatic hydroxyl groups excluding tert-OH is 1. The quantitative estimate of drug-likeness (QED) is 0.835. The molecule has 0 amide bonds. The number of nitrogens with one attached hydrogen (secondary N) is 1. The van der Waals surface area contributed by atoms with Crippen molar-refractivity contribution in [3.05, 3.63) is 65.7 Å². The van der Waals surface area contributed by atoms with E-state index in [0.29, 0.717) is 6.54 Å². The van der Waals surface area contributed by atoms with Crippen molar-refractivity contribution in [3.63, 3.8) is 0 Å². The largest absolute Gasteiger partial charge is 0.497 e. The van der Waals surface area contributed by atoms with Gasteiger partial charge in [0, 0.05) is 6.54 Å². The van der Waals surface area contributed by atoms with Gasteiger partial charge >= 0.3 is 0 Å². The van der Waals surface area contributed by atoms with Gasteiger partial charge in [0.2, 0.25) is 0 Å². The standard InChI is InChI=1S/C16H19NO2/c1-19-15-9-5-6-13(10-15)11-17-16(12-18)14-7-3-2-4-8-14/h2-10,16-18H,11-12H2,1H3/t16-/m1/s1. The van der Waals surface area contributed by atoms with Gasteiger partial charge in [-0.15, -0.1) is 0 Å². The summed E-state index contributed by atoms with van der Waals surface area (Å²) in [5.74, 6) is 0.847. The maximum Gasteiger partial charge on any atom is 0.119 e. The Morgan fingerprint density at radius 2 is 1.89 bits per heavy atom. The van der Waals surface area contributed by atoms with Gasteiger partial charge in [0.15, 0.2) is 0 Å². The van der Waals surface area contributed by atoms with Crippen LogP contribution in [0.4, 0.5) is 0 Å². The minimum absolute atomic E-state index is 0.0487. The third kappa shape index (κ3) is 3.81. The minimum atomic E-state index is -0.0487. The number of hydrogen-bond acceptors (Lipinski definition) is 3. The highest BCUT2D eigenvalue weighted by molar-refractivity contribution is 5.28. The summed E-state index contributed by atoms with van der Waals surface area (Å²) in [6.45, 7) is 0.769. The van der Waals surface area contributed by atoms with Crippen molar-refractivity contribution < 1.29 is 9.84 Å². The Hall–Kier alpha value is -1.84. The molecule has 1 atom stereocenters. The molecule has 0 radical (unpaired) electrons.